The van der Waals surface area contributed by atoms with E-state index in [1.165, 1.54) is 4.90 Å². The van der Waals surface area contributed by atoms with Crippen LogP contribution in [0, 0.1) is 0 Å². The normalized spacial score (nSPS) is 13.4. The first-order valence-corrected chi connectivity index (χ1v) is 7.71. The van der Waals surface area contributed by atoms with Gasteiger partial charge in [-0.25, -0.2) is 4.98 Å². The van der Waals surface area contributed by atoms with Crippen molar-refractivity contribution in [1.82, 2.24) is 14.9 Å². The van der Waals surface area contributed by atoms with E-state index in [0.717, 1.165) is 15.9 Å². The first-order valence-electron chi connectivity index (χ1n) is 7.71. The zero-order valence-corrected chi connectivity index (χ0v) is 13.4. The Labute approximate surface area is 142 Å². The zero-order valence-electron chi connectivity index (χ0n) is 13.4. The quantitative estimate of drug-likeness (QED) is 0.740. The molecule has 25 heavy (non-hydrogen) atoms. The summed E-state index contributed by atoms with van der Waals surface area (Å²) in [7, 11) is 1.61. The lowest BCUT2D eigenvalue weighted by Gasteiger charge is -2.20. The molecule has 0 unspecified atom stereocenters. The maximum absolute atomic E-state index is 12.6. The van der Waals surface area contributed by atoms with E-state index in [-0.39, 0.29) is 12.5 Å². The van der Waals surface area contributed by atoms with E-state index in [1.54, 1.807) is 55.8 Å². The second-order valence-electron chi connectivity index (χ2n) is 5.80. The number of H-pyrrole nitrogens is 1. The topological polar surface area (TPSA) is 86.4 Å². The molecule has 0 aliphatic carbocycles. The van der Waals surface area contributed by atoms with Crippen molar-refractivity contribution < 1.29 is 14.4 Å². The molecule has 0 saturated carbocycles. The molecule has 2 aromatic carbocycles. The molecule has 7 nitrogen and oxygen atoms in total. The van der Waals surface area contributed by atoms with Gasteiger partial charge in [0.05, 0.1) is 28.5 Å². The average molecular weight is 334 g/mol. The fourth-order valence-corrected chi connectivity index (χ4v) is 2.90. The molecule has 124 valence electrons. The highest BCUT2D eigenvalue weighted by Crippen LogP contribution is 2.23. The highest BCUT2D eigenvalue weighted by molar-refractivity contribution is 6.22. The van der Waals surface area contributed by atoms with Gasteiger partial charge in [-0.2, -0.15) is 0 Å². The Bertz CT molecular complexity index is 989. The number of hydrogen-bond donors (Lipinski definition) is 1. The Kier molecular flexibility index (Phi) is 3.35. The van der Waals surface area contributed by atoms with Crippen molar-refractivity contribution >= 4 is 34.4 Å². The maximum atomic E-state index is 12.6. The molecule has 2 heterocycles. The van der Waals surface area contributed by atoms with Crippen molar-refractivity contribution in [2.24, 2.45) is 0 Å². The van der Waals surface area contributed by atoms with Crippen molar-refractivity contribution in [3.8, 4) is 0 Å². The van der Waals surface area contributed by atoms with Gasteiger partial charge in [0.15, 0.2) is 0 Å². The monoisotopic (exact) mass is 334 g/mol. The largest absolute Gasteiger partial charge is 0.345 e. The fraction of sp³-hybridized carbons (Fsp3) is 0.111. The molecular weight excluding hydrogens is 320 g/mol. The molecule has 0 radical (unpaired) electrons. The fourth-order valence-electron chi connectivity index (χ4n) is 2.90. The van der Waals surface area contributed by atoms with Gasteiger partial charge >= 0.3 is 0 Å². The van der Waals surface area contributed by atoms with Crippen LogP contribution < -0.4 is 4.90 Å². The zero-order chi connectivity index (χ0) is 17.6. The van der Waals surface area contributed by atoms with Gasteiger partial charge in [-0.3, -0.25) is 19.3 Å². The number of imidazole rings is 1. The Hall–Kier alpha value is -3.48. The molecule has 0 atom stereocenters. The Balaban J connectivity index is 1.56. The number of benzene rings is 2. The number of hydrogen-bond acceptors (Lipinski definition) is 4. The van der Waals surface area contributed by atoms with Crippen LogP contribution in [0.5, 0.6) is 0 Å². The standard InChI is InChI=1S/C18H14N4O3/c1-21(11-6-7-14-15(8-11)20-10-19-14)16(23)9-22-17(24)12-4-2-3-5-13(12)18(22)25/h2-8,10H,9H2,1H3,(H,19,20). The number of rotatable bonds is 3. The van der Waals surface area contributed by atoms with Crippen LogP contribution in [0.25, 0.3) is 11.0 Å². The SMILES string of the molecule is CN(C(=O)CN1C(=O)c2ccccc2C1=O)c1ccc2nc[nH]c2c1. The summed E-state index contributed by atoms with van der Waals surface area (Å²) in [5.74, 6) is -1.23. The number of aromatic nitrogens is 2. The summed E-state index contributed by atoms with van der Waals surface area (Å²) in [5, 5.41) is 0. The molecule has 7 heteroatoms. The van der Waals surface area contributed by atoms with Gasteiger partial charge in [-0.05, 0) is 30.3 Å². The van der Waals surface area contributed by atoms with Gasteiger partial charge in [-0.1, -0.05) is 12.1 Å². The number of anilines is 1. The predicted octanol–water partition coefficient (Wildman–Crippen LogP) is 1.82. The van der Waals surface area contributed by atoms with Crippen LogP contribution in [0.2, 0.25) is 0 Å². The first kappa shape index (κ1) is 15.1. The lowest BCUT2D eigenvalue weighted by Crippen LogP contribution is -2.41. The minimum absolute atomic E-state index is 0.302. The summed E-state index contributed by atoms with van der Waals surface area (Å²) in [6.07, 6.45) is 1.58. The van der Waals surface area contributed by atoms with E-state index in [1.807, 2.05) is 0 Å². The summed E-state index contributed by atoms with van der Waals surface area (Å²) in [6, 6.07) is 11.9. The molecule has 3 amide bonds. The molecule has 0 bridgehead atoms. The number of carbonyl (C=O) groups is 3. The van der Waals surface area contributed by atoms with Crippen LogP contribution in [-0.2, 0) is 4.79 Å². The van der Waals surface area contributed by atoms with Crippen LogP contribution in [0.15, 0.2) is 48.8 Å². The number of likely N-dealkylation sites (N-methyl/N-ethyl adjacent to an activating group) is 1. The third kappa shape index (κ3) is 2.37. The van der Waals surface area contributed by atoms with E-state index >= 15 is 0 Å². The Morgan fingerprint density at radius 3 is 2.48 bits per heavy atom. The van der Waals surface area contributed by atoms with Crippen LogP contribution >= 0.6 is 0 Å². The van der Waals surface area contributed by atoms with E-state index in [9.17, 15) is 14.4 Å². The summed E-state index contributed by atoms with van der Waals surface area (Å²) < 4.78 is 0. The van der Waals surface area contributed by atoms with Gasteiger partial charge in [0.2, 0.25) is 5.91 Å². The van der Waals surface area contributed by atoms with Crippen molar-refractivity contribution in [2.75, 3.05) is 18.5 Å². The number of fused-ring (bicyclic) bond motifs is 2. The molecule has 0 spiro atoms. The number of nitrogens with zero attached hydrogens (tertiary/aromatic N) is 3. The number of aromatic amines is 1. The summed E-state index contributed by atoms with van der Waals surface area (Å²) in [4.78, 5) is 46.8. The predicted molar refractivity (Wildman–Crippen MR) is 91.3 cm³/mol. The van der Waals surface area contributed by atoms with Gasteiger partial charge < -0.3 is 9.88 Å². The van der Waals surface area contributed by atoms with Crippen LogP contribution in [0.1, 0.15) is 20.7 Å². The van der Waals surface area contributed by atoms with Gasteiger partial charge in [0, 0.05) is 12.7 Å². The van der Waals surface area contributed by atoms with E-state index in [0.29, 0.717) is 16.8 Å². The van der Waals surface area contributed by atoms with Crippen molar-refractivity contribution in [2.45, 2.75) is 0 Å². The number of amides is 3. The average Bonchev–Trinajstić information content (AvgIpc) is 3.19. The molecule has 0 fully saturated rings. The molecule has 1 N–H and O–H groups in total. The molecule has 4 rings (SSSR count). The highest BCUT2D eigenvalue weighted by atomic mass is 16.2. The van der Waals surface area contributed by atoms with E-state index < -0.39 is 11.8 Å². The summed E-state index contributed by atoms with van der Waals surface area (Å²) in [6.45, 7) is -0.302. The second-order valence-corrected chi connectivity index (χ2v) is 5.80. The first-order chi connectivity index (χ1) is 12.1. The smallest absolute Gasteiger partial charge is 0.262 e. The molecule has 1 aliphatic rings. The number of nitrogens with one attached hydrogen (secondary N) is 1. The summed E-state index contributed by atoms with van der Waals surface area (Å²) >= 11 is 0. The van der Waals surface area contributed by atoms with E-state index in [4.69, 9.17) is 0 Å². The van der Waals surface area contributed by atoms with Gasteiger partial charge in [0.25, 0.3) is 11.8 Å². The molecule has 1 aromatic heterocycles. The van der Waals surface area contributed by atoms with E-state index in [2.05, 4.69) is 9.97 Å². The maximum Gasteiger partial charge on any atom is 0.262 e. The molecule has 1 aliphatic heterocycles. The minimum Gasteiger partial charge on any atom is -0.345 e. The van der Waals surface area contributed by atoms with Crippen molar-refractivity contribution in [3.63, 3.8) is 0 Å². The molecule has 3 aromatic rings. The lowest BCUT2D eigenvalue weighted by molar-refractivity contribution is -0.118. The van der Waals surface area contributed by atoms with Gasteiger partial charge in [0.1, 0.15) is 6.54 Å². The second kappa shape index (κ2) is 5.55. The van der Waals surface area contributed by atoms with Crippen molar-refractivity contribution in [3.05, 3.63) is 59.9 Å². The van der Waals surface area contributed by atoms with Crippen LogP contribution in [-0.4, -0.2) is 46.2 Å². The van der Waals surface area contributed by atoms with Crippen molar-refractivity contribution in [1.29, 1.82) is 0 Å². The number of imide groups is 1. The molecular formula is C18H14N4O3. The third-order valence-electron chi connectivity index (χ3n) is 4.34. The highest BCUT2D eigenvalue weighted by Gasteiger charge is 2.36. The Morgan fingerprint density at radius 1 is 1.12 bits per heavy atom. The third-order valence-corrected chi connectivity index (χ3v) is 4.34. The summed E-state index contributed by atoms with van der Waals surface area (Å²) in [5.41, 5.74) is 2.92. The molecule has 0 saturated heterocycles. The Morgan fingerprint density at radius 2 is 1.80 bits per heavy atom. The minimum atomic E-state index is -0.439. The number of carbonyl (C=O) groups excluding carboxylic acids is 3. The van der Waals surface area contributed by atoms with Crippen LogP contribution in [0.3, 0.4) is 0 Å². The van der Waals surface area contributed by atoms with Gasteiger partial charge in [-0.15, -0.1) is 0 Å². The van der Waals surface area contributed by atoms with Crippen LogP contribution in [0.4, 0.5) is 5.69 Å². The lowest BCUT2D eigenvalue weighted by atomic mass is 10.1.